The Morgan fingerprint density at radius 3 is 1.50 bits per heavy atom. The van der Waals surface area contributed by atoms with E-state index in [4.69, 9.17) is 0 Å². The number of esters is 1. The summed E-state index contributed by atoms with van der Waals surface area (Å²) < 4.78 is 168. The van der Waals surface area contributed by atoms with Crippen molar-refractivity contribution in [3.8, 4) is 0 Å². The van der Waals surface area contributed by atoms with E-state index in [-0.39, 0.29) is 0 Å². The Hall–Kier alpha value is -1.70. The van der Waals surface area contributed by atoms with Crippen LogP contribution in [-0.4, -0.2) is 42.4 Å². The minimum absolute atomic E-state index is 0.764. The second kappa shape index (κ2) is 7.13. The molecule has 0 unspecified atom stereocenters. The molecular formula is C11H7F13O2. The summed E-state index contributed by atoms with van der Waals surface area (Å²) in [6.45, 7) is 0.177. The molecule has 26 heavy (non-hydrogen) atoms. The molecule has 0 aliphatic carbocycles. The zero-order valence-electron chi connectivity index (χ0n) is 12.1. The van der Waals surface area contributed by atoms with Crippen molar-refractivity contribution in [3.63, 3.8) is 0 Å². The predicted octanol–water partition coefficient (Wildman–Crippen LogP) is 5.19. The van der Waals surface area contributed by atoms with Gasteiger partial charge in [-0.3, -0.25) is 0 Å². The van der Waals surface area contributed by atoms with Gasteiger partial charge in [-0.05, 0) is 6.92 Å². The Kier molecular flexibility index (Phi) is 6.67. The summed E-state index contributed by atoms with van der Waals surface area (Å²) in [4.78, 5) is 10.9. The maximum atomic E-state index is 13.3. The second-order valence-electron chi connectivity index (χ2n) is 4.56. The molecule has 0 saturated heterocycles. The molecule has 0 aliphatic heterocycles. The summed E-state index contributed by atoms with van der Waals surface area (Å²) in [5.74, 6) is -31.9. The van der Waals surface area contributed by atoms with Gasteiger partial charge in [-0.1, -0.05) is 0 Å². The number of hydrogen-bond acceptors (Lipinski definition) is 2. The highest BCUT2D eigenvalue weighted by Crippen LogP contribution is 2.58. The predicted molar refractivity (Wildman–Crippen MR) is 56.3 cm³/mol. The average molecular weight is 418 g/mol. The third kappa shape index (κ3) is 4.00. The first kappa shape index (κ1) is 24.3. The second-order valence-corrected chi connectivity index (χ2v) is 4.56. The van der Waals surface area contributed by atoms with Crippen molar-refractivity contribution in [2.45, 2.75) is 43.2 Å². The van der Waals surface area contributed by atoms with E-state index >= 15 is 0 Å². The molecule has 0 aromatic carbocycles. The van der Waals surface area contributed by atoms with Crippen LogP contribution in [-0.2, 0) is 9.53 Å². The van der Waals surface area contributed by atoms with E-state index in [1.807, 2.05) is 0 Å². The van der Waals surface area contributed by atoms with Crippen molar-refractivity contribution in [1.82, 2.24) is 0 Å². The van der Waals surface area contributed by atoms with Gasteiger partial charge in [0.25, 0.3) is 6.08 Å². The molecule has 0 fully saturated rings. The molecule has 0 saturated carbocycles. The molecular weight excluding hydrogens is 411 g/mol. The summed E-state index contributed by atoms with van der Waals surface area (Å²) >= 11 is 0. The lowest BCUT2D eigenvalue weighted by atomic mass is 9.93. The first-order valence-corrected chi connectivity index (χ1v) is 6.07. The summed E-state index contributed by atoms with van der Waals surface area (Å²) in [5.41, 5.74) is -2.59. The van der Waals surface area contributed by atoms with Crippen LogP contribution in [0.15, 0.2) is 11.7 Å². The van der Waals surface area contributed by atoms with Gasteiger partial charge < -0.3 is 4.74 Å². The molecule has 0 rings (SSSR count). The van der Waals surface area contributed by atoms with Crippen LogP contribution in [0.4, 0.5) is 57.1 Å². The monoisotopic (exact) mass is 418 g/mol. The maximum Gasteiger partial charge on any atom is 0.460 e. The number of halogens is 13. The molecule has 0 heterocycles. The molecule has 154 valence electrons. The minimum atomic E-state index is -7.74. The van der Waals surface area contributed by atoms with Gasteiger partial charge in [0.05, 0.1) is 13.0 Å². The zero-order chi connectivity index (χ0) is 21.4. The summed E-state index contributed by atoms with van der Waals surface area (Å²) in [6.07, 6.45) is -14.1. The van der Waals surface area contributed by atoms with Gasteiger partial charge in [-0.25, -0.2) is 4.79 Å². The van der Waals surface area contributed by atoms with E-state index in [9.17, 15) is 61.9 Å². The molecule has 0 aromatic rings. The van der Waals surface area contributed by atoms with Gasteiger partial charge in [0.1, 0.15) is 5.57 Å². The Morgan fingerprint density at radius 2 is 1.19 bits per heavy atom. The number of carbonyl (C=O) groups excluding carboxylic acids is 1. The van der Waals surface area contributed by atoms with Gasteiger partial charge >= 0.3 is 35.8 Å². The fourth-order valence-electron chi connectivity index (χ4n) is 1.37. The van der Waals surface area contributed by atoms with Crippen LogP contribution in [0.25, 0.3) is 0 Å². The highest BCUT2D eigenvalue weighted by molar-refractivity contribution is 5.88. The minimum Gasteiger partial charge on any atom is -0.462 e. The van der Waals surface area contributed by atoms with Gasteiger partial charge in [0, 0.05) is 0 Å². The molecule has 0 N–H and O–H groups in total. The van der Waals surface area contributed by atoms with Crippen molar-refractivity contribution in [1.29, 1.82) is 0 Å². The van der Waals surface area contributed by atoms with Crippen LogP contribution in [0.2, 0.25) is 0 Å². The third-order valence-electron chi connectivity index (χ3n) is 2.75. The van der Waals surface area contributed by atoms with Gasteiger partial charge in [-0.15, -0.1) is 0 Å². The fourth-order valence-corrected chi connectivity index (χ4v) is 1.37. The van der Waals surface area contributed by atoms with E-state index in [1.54, 1.807) is 0 Å². The van der Waals surface area contributed by atoms with E-state index in [0.717, 1.165) is 6.92 Å². The molecule has 0 radical (unpaired) electrons. The van der Waals surface area contributed by atoms with Crippen LogP contribution in [0.1, 0.15) is 13.3 Å². The SMILES string of the molecule is CCOC(=O)C(CC(F)(F)C(F)(F)C(F)(F)C(F)(F)C(F)(F)F)=C(F)F. The molecule has 0 atom stereocenters. The number of rotatable bonds is 7. The Balaban J connectivity index is 6.10. The van der Waals surface area contributed by atoms with E-state index < -0.39 is 60.5 Å². The topological polar surface area (TPSA) is 26.3 Å². The molecule has 0 bridgehead atoms. The molecule has 0 spiro atoms. The van der Waals surface area contributed by atoms with Crippen molar-refractivity contribution >= 4 is 5.97 Å². The van der Waals surface area contributed by atoms with Crippen molar-refractivity contribution in [2.24, 2.45) is 0 Å². The number of alkyl halides is 11. The Morgan fingerprint density at radius 1 is 0.769 bits per heavy atom. The third-order valence-corrected chi connectivity index (χ3v) is 2.75. The largest absolute Gasteiger partial charge is 0.462 e. The zero-order valence-corrected chi connectivity index (χ0v) is 12.1. The highest BCUT2D eigenvalue weighted by Gasteiger charge is 2.87. The van der Waals surface area contributed by atoms with Crippen LogP contribution in [0.5, 0.6) is 0 Å². The summed E-state index contributed by atoms with van der Waals surface area (Å²) in [7, 11) is 0. The van der Waals surface area contributed by atoms with Crippen molar-refractivity contribution in [2.75, 3.05) is 6.61 Å². The van der Waals surface area contributed by atoms with Gasteiger partial charge in [-0.2, -0.15) is 57.1 Å². The molecule has 0 aliphatic rings. The molecule has 0 amide bonds. The van der Waals surface area contributed by atoms with E-state index in [0.29, 0.717) is 0 Å². The van der Waals surface area contributed by atoms with E-state index in [2.05, 4.69) is 4.74 Å². The quantitative estimate of drug-likeness (QED) is 0.323. The van der Waals surface area contributed by atoms with E-state index in [1.165, 1.54) is 0 Å². The number of carbonyl (C=O) groups is 1. The standard InChI is InChI=1S/C11H7F13O2/c1-2-26-6(25)4(5(12)13)3-7(14,15)8(16,17)9(18,19)10(20,21)11(22,23)24/h2-3H2,1H3. The first-order valence-electron chi connectivity index (χ1n) is 6.07. The Bertz CT molecular complexity index is 557. The molecule has 0 aromatic heterocycles. The summed E-state index contributed by atoms with van der Waals surface area (Å²) in [6, 6.07) is 0. The van der Waals surface area contributed by atoms with Crippen LogP contribution in [0.3, 0.4) is 0 Å². The lowest BCUT2D eigenvalue weighted by molar-refractivity contribution is -0.421. The van der Waals surface area contributed by atoms with Crippen molar-refractivity contribution in [3.05, 3.63) is 11.7 Å². The lowest BCUT2D eigenvalue weighted by Crippen LogP contribution is -2.66. The highest BCUT2D eigenvalue weighted by atomic mass is 19.4. The molecule has 15 heteroatoms. The van der Waals surface area contributed by atoms with Gasteiger partial charge in [0.2, 0.25) is 0 Å². The maximum absolute atomic E-state index is 13.3. The van der Waals surface area contributed by atoms with Crippen LogP contribution >= 0.6 is 0 Å². The normalized spacial score (nSPS) is 14.2. The van der Waals surface area contributed by atoms with Crippen LogP contribution < -0.4 is 0 Å². The van der Waals surface area contributed by atoms with Gasteiger partial charge in [0.15, 0.2) is 0 Å². The fraction of sp³-hybridized carbons (Fsp3) is 0.727. The van der Waals surface area contributed by atoms with Crippen molar-refractivity contribution < 1.29 is 66.6 Å². The smallest absolute Gasteiger partial charge is 0.460 e. The first-order chi connectivity index (χ1) is 11.3. The van der Waals surface area contributed by atoms with Crippen LogP contribution in [0, 0.1) is 0 Å². The molecule has 2 nitrogen and oxygen atoms in total. The Labute approximate surface area is 135 Å². The lowest BCUT2D eigenvalue weighted by Gasteiger charge is -2.37. The number of hydrogen-bond donors (Lipinski definition) is 0. The average Bonchev–Trinajstić information content (AvgIpc) is 2.42. The number of ether oxygens (including phenoxy) is 1. The summed E-state index contributed by atoms with van der Waals surface area (Å²) in [5, 5.41) is 0.